The number of halogens is 2. The lowest BCUT2D eigenvalue weighted by Gasteiger charge is -2.04. The Hall–Kier alpha value is -0.900. The highest BCUT2D eigenvalue weighted by Gasteiger charge is 2.09. The zero-order chi connectivity index (χ0) is 12.0. The number of Topliss-reactive ketones (excluding diaryl/α,β-unsaturated/α-hetero) is 1. The SMILES string of the molecule is COc1cc(F)cc(C(=O)CCCCBr)c1. The van der Waals surface area contributed by atoms with E-state index in [0.29, 0.717) is 17.7 Å². The van der Waals surface area contributed by atoms with Crippen LogP contribution < -0.4 is 4.74 Å². The summed E-state index contributed by atoms with van der Waals surface area (Å²) < 4.78 is 18.0. The van der Waals surface area contributed by atoms with Crippen LogP contribution in [0.25, 0.3) is 0 Å². The third kappa shape index (κ3) is 3.93. The predicted molar refractivity (Wildman–Crippen MR) is 64.9 cm³/mol. The van der Waals surface area contributed by atoms with Crippen molar-refractivity contribution >= 4 is 21.7 Å². The lowest BCUT2D eigenvalue weighted by Crippen LogP contribution is -2.00. The van der Waals surface area contributed by atoms with E-state index in [0.717, 1.165) is 18.2 Å². The average Bonchev–Trinajstić information content (AvgIpc) is 2.28. The molecule has 2 nitrogen and oxygen atoms in total. The molecule has 0 bridgehead atoms. The summed E-state index contributed by atoms with van der Waals surface area (Å²) in [6.07, 6.45) is 2.19. The molecule has 4 heteroatoms. The molecule has 0 saturated heterocycles. The highest BCUT2D eigenvalue weighted by molar-refractivity contribution is 9.09. The normalized spacial score (nSPS) is 10.2. The molecule has 0 aromatic heterocycles. The molecule has 0 unspecified atom stereocenters. The first-order valence-corrected chi connectivity index (χ1v) is 6.23. The van der Waals surface area contributed by atoms with Gasteiger partial charge in [-0.15, -0.1) is 0 Å². The minimum absolute atomic E-state index is 0.0428. The molecule has 0 amide bonds. The number of ketones is 1. The van der Waals surface area contributed by atoms with E-state index in [1.807, 2.05) is 0 Å². The van der Waals surface area contributed by atoms with E-state index in [9.17, 15) is 9.18 Å². The summed E-state index contributed by atoms with van der Waals surface area (Å²) in [5.74, 6) is -0.106. The summed E-state index contributed by atoms with van der Waals surface area (Å²) in [6.45, 7) is 0. The molecule has 0 saturated carbocycles. The number of hydrogen-bond acceptors (Lipinski definition) is 2. The first-order chi connectivity index (χ1) is 7.67. The van der Waals surface area contributed by atoms with E-state index < -0.39 is 5.82 Å². The molecule has 0 radical (unpaired) electrons. The van der Waals surface area contributed by atoms with Gasteiger partial charge < -0.3 is 4.74 Å². The van der Waals surface area contributed by atoms with Crippen molar-refractivity contribution in [3.8, 4) is 5.75 Å². The third-order valence-corrected chi connectivity index (χ3v) is 2.78. The van der Waals surface area contributed by atoms with E-state index in [1.54, 1.807) is 6.07 Å². The molecular formula is C12H14BrFO2. The quantitative estimate of drug-likeness (QED) is 0.454. The smallest absolute Gasteiger partial charge is 0.163 e. The van der Waals surface area contributed by atoms with Crippen molar-refractivity contribution in [1.82, 2.24) is 0 Å². The van der Waals surface area contributed by atoms with E-state index in [-0.39, 0.29) is 5.78 Å². The molecular weight excluding hydrogens is 275 g/mol. The summed E-state index contributed by atoms with van der Waals surface area (Å²) in [6, 6.07) is 4.08. The monoisotopic (exact) mass is 288 g/mol. The molecule has 0 aliphatic carbocycles. The van der Waals surface area contributed by atoms with Crippen molar-refractivity contribution in [3.05, 3.63) is 29.6 Å². The Labute approximate surface area is 103 Å². The Morgan fingerprint density at radius 2 is 2.12 bits per heavy atom. The molecule has 0 aliphatic rings. The zero-order valence-electron chi connectivity index (χ0n) is 9.13. The molecule has 88 valence electrons. The molecule has 1 rings (SSSR count). The van der Waals surface area contributed by atoms with Crippen LogP contribution in [0.3, 0.4) is 0 Å². The highest BCUT2D eigenvalue weighted by atomic mass is 79.9. The van der Waals surface area contributed by atoms with Gasteiger partial charge in [-0.2, -0.15) is 0 Å². The summed E-state index contributed by atoms with van der Waals surface area (Å²) in [5, 5.41) is 0.882. The van der Waals surface area contributed by atoms with Crippen molar-refractivity contribution in [2.45, 2.75) is 19.3 Å². The fourth-order valence-electron chi connectivity index (χ4n) is 1.37. The number of alkyl halides is 1. The Bertz CT molecular complexity index is 366. The fourth-order valence-corrected chi connectivity index (χ4v) is 1.76. The van der Waals surface area contributed by atoms with Crippen LogP contribution in [-0.4, -0.2) is 18.2 Å². The van der Waals surface area contributed by atoms with Crippen LogP contribution in [0.5, 0.6) is 5.75 Å². The first kappa shape index (κ1) is 13.2. The van der Waals surface area contributed by atoms with E-state index >= 15 is 0 Å². The lowest BCUT2D eigenvalue weighted by molar-refractivity contribution is 0.0979. The number of methoxy groups -OCH3 is 1. The lowest BCUT2D eigenvalue weighted by atomic mass is 10.1. The molecule has 1 aromatic carbocycles. The Morgan fingerprint density at radius 3 is 2.75 bits per heavy atom. The predicted octanol–water partition coefficient (Wildman–Crippen LogP) is 3.58. The van der Waals surface area contributed by atoms with Crippen molar-refractivity contribution in [3.63, 3.8) is 0 Å². The maximum absolute atomic E-state index is 13.1. The molecule has 0 atom stereocenters. The molecule has 0 spiro atoms. The van der Waals surface area contributed by atoms with Crippen LogP contribution in [0.4, 0.5) is 4.39 Å². The van der Waals surface area contributed by atoms with Gasteiger partial charge in [0.05, 0.1) is 7.11 Å². The van der Waals surface area contributed by atoms with Crippen LogP contribution in [0.2, 0.25) is 0 Å². The Balaban J connectivity index is 2.71. The minimum atomic E-state index is -0.441. The molecule has 0 N–H and O–H groups in total. The summed E-state index contributed by atoms with van der Waals surface area (Å²) in [5.41, 5.74) is 0.381. The average molecular weight is 289 g/mol. The van der Waals surface area contributed by atoms with Crippen molar-refractivity contribution < 1.29 is 13.9 Å². The Kier molecular flexibility index (Phi) is 5.46. The van der Waals surface area contributed by atoms with Gasteiger partial charge in [-0.3, -0.25) is 4.79 Å². The standard InChI is InChI=1S/C12H14BrFO2/c1-16-11-7-9(6-10(14)8-11)12(15)4-2-3-5-13/h6-8H,2-5H2,1H3. The maximum atomic E-state index is 13.1. The van der Waals surface area contributed by atoms with Crippen LogP contribution in [0.1, 0.15) is 29.6 Å². The van der Waals surface area contributed by atoms with Crippen LogP contribution in [0.15, 0.2) is 18.2 Å². The van der Waals surface area contributed by atoms with Crippen LogP contribution in [-0.2, 0) is 0 Å². The van der Waals surface area contributed by atoms with Crippen LogP contribution >= 0.6 is 15.9 Å². The minimum Gasteiger partial charge on any atom is -0.497 e. The second-order valence-corrected chi connectivity index (χ2v) is 4.24. The second-order valence-electron chi connectivity index (χ2n) is 3.45. The summed E-state index contributed by atoms with van der Waals surface area (Å²) in [7, 11) is 1.45. The van der Waals surface area contributed by atoms with Crippen molar-refractivity contribution in [2.24, 2.45) is 0 Å². The van der Waals surface area contributed by atoms with Gasteiger partial charge in [0.1, 0.15) is 11.6 Å². The van der Waals surface area contributed by atoms with Crippen molar-refractivity contribution in [2.75, 3.05) is 12.4 Å². The maximum Gasteiger partial charge on any atom is 0.163 e. The number of carbonyl (C=O) groups is 1. The number of benzene rings is 1. The molecule has 0 aliphatic heterocycles. The Morgan fingerprint density at radius 1 is 1.38 bits per heavy atom. The van der Waals surface area contributed by atoms with Crippen LogP contribution in [0, 0.1) is 5.82 Å². The highest BCUT2D eigenvalue weighted by Crippen LogP contribution is 2.18. The second kappa shape index (κ2) is 6.63. The number of unbranched alkanes of at least 4 members (excludes halogenated alkanes) is 1. The number of carbonyl (C=O) groups excluding carboxylic acids is 1. The number of hydrogen-bond donors (Lipinski definition) is 0. The first-order valence-electron chi connectivity index (χ1n) is 5.11. The zero-order valence-corrected chi connectivity index (χ0v) is 10.7. The van der Waals surface area contributed by atoms with Gasteiger partial charge in [0, 0.05) is 23.4 Å². The molecule has 0 fully saturated rings. The van der Waals surface area contributed by atoms with Gasteiger partial charge in [0.15, 0.2) is 5.78 Å². The molecule has 16 heavy (non-hydrogen) atoms. The van der Waals surface area contributed by atoms with Gasteiger partial charge in [-0.1, -0.05) is 15.9 Å². The van der Waals surface area contributed by atoms with E-state index in [4.69, 9.17) is 4.74 Å². The van der Waals surface area contributed by atoms with E-state index in [2.05, 4.69) is 15.9 Å². The fraction of sp³-hybridized carbons (Fsp3) is 0.417. The molecule has 1 aromatic rings. The van der Waals surface area contributed by atoms with Gasteiger partial charge in [-0.05, 0) is 25.0 Å². The number of rotatable bonds is 6. The topological polar surface area (TPSA) is 26.3 Å². The summed E-state index contributed by atoms with van der Waals surface area (Å²) >= 11 is 3.30. The van der Waals surface area contributed by atoms with Gasteiger partial charge in [0.25, 0.3) is 0 Å². The van der Waals surface area contributed by atoms with Crippen molar-refractivity contribution in [1.29, 1.82) is 0 Å². The van der Waals surface area contributed by atoms with E-state index in [1.165, 1.54) is 19.2 Å². The third-order valence-electron chi connectivity index (χ3n) is 2.22. The largest absolute Gasteiger partial charge is 0.497 e. The number of ether oxygens (including phenoxy) is 1. The van der Waals surface area contributed by atoms with Gasteiger partial charge >= 0.3 is 0 Å². The molecule has 0 heterocycles. The van der Waals surface area contributed by atoms with Gasteiger partial charge in [-0.25, -0.2) is 4.39 Å². The summed E-state index contributed by atoms with van der Waals surface area (Å²) in [4.78, 5) is 11.7. The van der Waals surface area contributed by atoms with Gasteiger partial charge in [0.2, 0.25) is 0 Å².